The minimum absolute atomic E-state index is 0.00419. The van der Waals surface area contributed by atoms with E-state index in [4.69, 9.17) is 4.42 Å². The van der Waals surface area contributed by atoms with Gasteiger partial charge < -0.3 is 18.4 Å². The van der Waals surface area contributed by atoms with Crippen LogP contribution in [0.2, 0.25) is 0 Å². The van der Waals surface area contributed by atoms with Gasteiger partial charge in [-0.25, -0.2) is 0 Å². The molecule has 0 N–H and O–H groups in total. The van der Waals surface area contributed by atoms with Crippen molar-refractivity contribution in [1.82, 2.24) is 9.05 Å². The minimum atomic E-state index is -0.294. The summed E-state index contributed by atoms with van der Waals surface area (Å²) in [5.41, 5.74) is 22.4. The van der Waals surface area contributed by atoms with Gasteiger partial charge in [0.25, 0.3) is 0 Å². The van der Waals surface area contributed by atoms with E-state index in [0.717, 1.165) is 45.2 Å². The first kappa shape index (κ1) is 45.4. The molecule has 0 saturated carbocycles. The molecular formula is C68H64BN3O. The third kappa shape index (κ3) is 6.87. The van der Waals surface area contributed by atoms with Crippen LogP contribution in [0.1, 0.15) is 105 Å². The van der Waals surface area contributed by atoms with Crippen molar-refractivity contribution in [3.63, 3.8) is 0 Å². The van der Waals surface area contributed by atoms with Gasteiger partial charge >= 0.3 is 6.85 Å². The molecule has 0 amide bonds. The average Bonchev–Trinajstić information content (AvgIpc) is 4.02. The Kier molecular flexibility index (Phi) is 9.64. The summed E-state index contributed by atoms with van der Waals surface area (Å²) in [5.74, 6) is 0.878. The average molecular weight is 950 g/mol. The monoisotopic (exact) mass is 950 g/mol. The quantitative estimate of drug-likeness (QED) is 0.164. The van der Waals surface area contributed by atoms with E-state index in [0.29, 0.717) is 0 Å². The lowest BCUT2D eigenvalue weighted by atomic mass is 9.47. The van der Waals surface area contributed by atoms with Crippen molar-refractivity contribution in [2.24, 2.45) is 0 Å². The second-order valence-corrected chi connectivity index (χ2v) is 25.1. The molecule has 73 heavy (non-hydrogen) atoms. The molecule has 13 rings (SSSR count). The van der Waals surface area contributed by atoms with Crippen molar-refractivity contribution in [2.45, 2.75) is 105 Å². The lowest BCUT2D eigenvalue weighted by molar-refractivity contribution is 0.589. The number of benzene rings is 8. The number of rotatable bonds is 4. The van der Waals surface area contributed by atoms with Crippen LogP contribution in [0, 0.1) is 0 Å². The Labute approximate surface area is 431 Å². The van der Waals surface area contributed by atoms with Gasteiger partial charge in [0.15, 0.2) is 0 Å². The smallest absolute Gasteiger partial charge is 0.375 e. The number of fused-ring (bicyclic) bond motifs is 10. The maximum atomic E-state index is 7.80. The topological polar surface area (TPSA) is 26.2 Å². The summed E-state index contributed by atoms with van der Waals surface area (Å²) in [4.78, 5) is 2.56. The summed E-state index contributed by atoms with van der Waals surface area (Å²) >= 11 is 0. The lowest BCUT2D eigenvalue weighted by Gasteiger charge is -2.40. The van der Waals surface area contributed by atoms with Crippen LogP contribution < -0.4 is 16.0 Å². The molecule has 0 saturated heterocycles. The SMILES string of the molecule is CC(C)(C)c1ccc(N2c3cc(C(C)(C)C)cc4c3B(c3oc(-c5ccccc5)c(-c5ccccc5)c32)n2c3cc5c6cc(C(C)(C)C)ccc6n(-c6ccccc6)c5cc3c3cc(C(C)(C)C)cc-4c32)cc1. The molecule has 4 nitrogen and oxygen atoms in total. The predicted octanol–water partition coefficient (Wildman–Crippen LogP) is 17.4. The predicted molar refractivity (Wildman–Crippen MR) is 312 cm³/mol. The van der Waals surface area contributed by atoms with Gasteiger partial charge in [-0.1, -0.05) is 186 Å². The largest absolute Gasteiger partial charge is 0.465 e. The van der Waals surface area contributed by atoms with Crippen molar-refractivity contribution in [3.8, 4) is 39.3 Å². The number of anilines is 3. The van der Waals surface area contributed by atoms with Crippen molar-refractivity contribution in [1.29, 1.82) is 0 Å². The van der Waals surface area contributed by atoms with Crippen LogP contribution in [-0.4, -0.2) is 15.9 Å². The number of hydrogen-bond donors (Lipinski definition) is 0. The molecule has 11 aromatic rings. The molecule has 2 aliphatic rings. The van der Waals surface area contributed by atoms with Crippen LogP contribution in [0.4, 0.5) is 17.1 Å². The zero-order valence-electron chi connectivity index (χ0n) is 44.5. The number of aromatic nitrogens is 2. The van der Waals surface area contributed by atoms with E-state index in [1.807, 2.05) is 0 Å². The molecule has 3 aromatic heterocycles. The molecule has 0 bridgehead atoms. The molecule has 360 valence electrons. The van der Waals surface area contributed by atoms with Crippen LogP contribution in [-0.2, 0) is 21.7 Å². The summed E-state index contributed by atoms with van der Waals surface area (Å²) in [7, 11) is 0. The molecule has 8 aromatic carbocycles. The number of nitrogens with zero attached hydrogens (tertiary/aromatic N) is 3. The number of furan rings is 1. The zero-order chi connectivity index (χ0) is 50.7. The lowest BCUT2D eigenvalue weighted by Crippen LogP contribution is -2.56. The van der Waals surface area contributed by atoms with E-state index in [1.165, 1.54) is 88.1 Å². The molecule has 0 fully saturated rings. The summed E-state index contributed by atoms with van der Waals surface area (Å²) in [6.07, 6.45) is 0. The van der Waals surface area contributed by atoms with Crippen molar-refractivity contribution in [2.75, 3.05) is 4.90 Å². The molecule has 0 atom stereocenters. The number of hydrogen-bond acceptors (Lipinski definition) is 2. The minimum Gasteiger partial charge on any atom is -0.465 e. The summed E-state index contributed by atoms with van der Waals surface area (Å²) in [6.45, 7) is 27.7. The van der Waals surface area contributed by atoms with Crippen LogP contribution in [0.15, 0.2) is 174 Å². The Morgan fingerprint density at radius 2 is 0.932 bits per heavy atom. The van der Waals surface area contributed by atoms with Gasteiger partial charge in [-0.05, 0) is 127 Å². The highest BCUT2D eigenvalue weighted by atomic mass is 16.3. The van der Waals surface area contributed by atoms with E-state index in [9.17, 15) is 0 Å². The van der Waals surface area contributed by atoms with E-state index in [1.54, 1.807) is 0 Å². The zero-order valence-corrected chi connectivity index (χ0v) is 44.5. The standard InChI is InChI=1S/C68H64BN3O/c1-65(2,3)43-28-31-48(32-29-43)71-58-38-46(68(10,11)12)35-52-54-37-45(67(7,8)9)36-53-51-39-56-50(49-34-44(66(4,5)6)30-33-55(49)70(56)47-26-20-15-21-27-47)40-57(51)72(61(53)54)69(60(52)58)64-62(71)59(41-22-16-13-17-23-41)63(73-64)42-24-18-14-19-25-42/h13-40H,1-12H3. The Balaban J connectivity index is 1.24. The molecule has 2 aliphatic heterocycles. The molecule has 0 aliphatic carbocycles. The summed E-state index contributed by atoms with van der Waals surface area (Å²) < 4.78 is 13.0. The van der Waals surface area contributed by atoms with Crippen molar-refractivity contribution >= 4 is 78.6 Å². The highest BCUT2D eigenvalue weighted by Crippen LogP contribution is 2.53. The van der Waals surface area contributed by atoms with E-state index >= 15 is 0 Å². The molecule has 5 heteroatoms. The first-order valence-electron chi connectivity index (χ1n) is 26.3. The molecule has 0 unspecified atom stereocenters. The maximum Gasteiger partial charge on any atom is 0.375 e. The second-order valence-electron chi connectivity index (χ2n) is 25.1. The van der Waals surface area contributed by atoms with Crippen LogP contribution >= 0.6 is 0 Å². The van der Waals surface area contributed by atoms with Crippen molar-refractivity contribution < 1.29 is 4.42 Å². The Morgan fingerprint density at radius 3 is 1.56 bits per heavy atom. The highest BCUT2D eigenvalue weighted by Gasteiger charge is 2.48. The van der Waals surface area contributed by atoms with Gasteiger partial charge in [0.05, 0.1) is 22.3 Å². The fourth-order valence-corrected chi connectivity index (χ4v) is 12.1. The molecule has 0 spiro atoms. The highest BCUT2D eigenvalue weighted by molar-refractivity contribution is 6.89. The molecule has 0 radical (unpaired) electrons. The second kappa shape index (κ2) is 15.5. The third-order valence-corrected chi connectivity index (χ3v) is 16.1. The first-order chi connectivity index (χ1) is 34.8. The first-order valence-corrected chi connectivity index (χ1v) is 26.3. The van der Waals surface area contributed by atoms with Gasteiger partial charge in [-0.2, -0.15) is 0 Å². The Hall–Kier alpha value is -7.50. The normalized spacial score (nSPS) is 13.7. The Morgan fingerprint density at radius 1 is 0.411 bits per heavy atom. The van der Waals surface area contributed by atoms with Gasteiger partial charge in [0, 0.05) is 60.8 Å². The van der Waals surface area contributed by atoms with E-state index < -0.39 is 0 Å². The van der Waals surface area contributed by atoms with Gasteiger partial charge in [0.1, 0.15) is 11.4 Å². The van der Waals surface area contributed by atoms with E-state index in [-0.39, 0.29) is 28.5 Å². The summed E-state index contributed by atoms with van der Waals surface area (Å²) in [5, 5.41) is 5.02. The molecule has 5 heterocycles. The summed E-state index contributed by atoms with van der Waals surface area (Å²) in [6, 6.07) is 64.2. The Bertz CT molecular complexity index is 4030. The van der Waals surface area contributed by atoms with E-state index in [2.05, 4.69) is 267 Å². The number of para-hydroxylation sites is 1. The van der Waals surface area contributed by atoms with Crippen LogP contribution in [0.25, 0.3) is 82.9 Å². The van der Waals surface area contributed by atoms with Crippen LogP contribution in [0.3, 0.4) is 0 Å². The van der Waals surface area contributed by atoms with Gasteiger partial charge in [-0.3, -0.25) is 0 Å². The molecular weight excluding hydrogens is 886 g/mol. The van der Waals surface area contributed by atoms with Crippen LogP contribution in [0.5, 0.6) is 0 Å². The fourth-order valence-electron chi connectivity index (χ4n) is 12.1. The maximum absolute atomic E-state index is 7.80. The third-order valence-electron chi connectivity index (χ3n) is 16.1. The fraction of sp³-hybridized carbons (Fsp3) is 0.235. The van der Waals surface area contributed by atoms with Gasteiger partial charge in [-0.15, -0.1) is 0 Å². The van der Waals surface area contributed by atoms with Crippen molar-refractivity contribution in [3.05, 3.63) is 192 Å². The van der Waals surface area contributed by atoms with Gasteiger partial charge in [0.2, 0.25) is 0 Å².